The number of halogens is 1. The molecule has 2 atom stereocenters. The van der Waals surface area contributed by atoms with Crippen LogP contribution < -0.4 is 5.32 Å². The van der Waals surface area contributed by atoms with Crippen molar-refractivity contribution in [2.75, 3.05) is 6.54 Å². The first-order valence-corrected chi connectivity index (χ1v) is 6.07. The number of pyridine rings is 1. The summed E-state index contributed by atoms with van der Waals surface area (Å²) in [6.45, 7) is 7.37. The Balaban J connectivity index is 2.83. The van der Waals surface area contributed by atoms with Gasteiger partial charge in [-0.25, -0.2) is 4.39 Å². The van der Waals surface area contributed by atoms with Crippen LogP contribution in [0.25, 0.3) is 0 Å². The molecule has 90 valence electrons. The van der Waals surface area contributed by atoms with E-state index in [4.69, 9.17) is 0 Å². The average Bonchev–Trinajstić information content (AvgIpc) is 2.31. The second kappa shape index (κ2) is 6.59. The van der Waals surface area contributed by atoms with Gasteiger partial charge in [0.05, 0.1) is 6.20 Å². The highest BCUT2D eigenvalue weighted by Gasteiger charge is 2.20. The molecule has 1 N–H and O–H groups in total. The maximum atomic E-state index is 12.8. The van der Waals surface area contributed by atoms with Crippen molar-refractivity contribution in [2.24, 2.45) is 0 Å². The van der Waals surface area contributed by atoms with Gasteiger partial charge in [-0.15, -0.1) is 0 Å². The number of nitrogens with one attached hydrogen (secondary N) is 1. The highest BCUT2D eigenvalue weighted by atomic mass is 19.1. The fourth-order valence-electron chi connectivity index (χ4n) is 2.14. The van der Waals surface area contributed by atoms with E-state index in [-0.39, 0.29) is 5.82 Å². The largest absolute Gasteiger partial charge is 0.314 e. The van der Waals surface area contributed by atoms with Gasteiger partial charge < -0.3 is 5.32 Å². The molecule has 0 aliphatic rings. The van der Waals surface area contributed by atoms with Crippen molar-refractivity contribution in [3.8, 4) is 0 Å². The van der Waals surface area contributed by atoms with E-state index in [2.05, 4.69) is 31.1 Å². The van der Waals surface area contributed by atoms with Crippen molar-refractivity contribution in [1.29, 1.82) is 0 Å². The van der Waals surface area contributed by atoms with Gasteiger partial charge in [-0.2, -0.15) is 0 Å². The second-order valence-corrected chi connectivity index (χ2v) is 3.99. The van der Waals surface area contributed by atoms with Gasteiger partial charge in [0.1, 0.15) is 5.82 Å². The van der Waals surface area contributed by atoms with Gasteiger partial charge in [0.2, 0.25) is 0 Å². The predicted octanol–water partition coefficient (Wildman–Crippen LogP) is 3.10. The van der Waals surface area contributed by atoms with Crippen LogP contribution in [0.1, 0.15) is 45.2 Å². The molecule has 2 nitrogen and oxygen atoms in total. The molecule has 1 heterocycles. The lowest BCUT2D eigenvalue weighted by Gasteiger charge is -2.25. The molecule has 0 aromatic carbocycles. The molecule has 3 heteroatoms. The summed E-state index contributed by atoms with van der Waals surface area (Å²) in [5.41, 5.74) is 0.983. The zero-order valence-electron chi connectivity index (χ0n) is 10.3. The van der Waals surface area contributed by atoms with Crippen LogP contribution in [-0.2, 0) is 0 Å². The van der Waals surface area contributed by atoms with Crippen molar-refractivity contribution >= 4 is 0 Å². The molecule has 0 aliphatic carbocycles. The third-order valence-electron chi connectivity index (χ3n) is 2.96. The van der Waals surface area contributed by atoms with E-state index in [9.17, 15) is 4.39 Å². The van der Waals surface area contributed by atoms with Crippen molar-refractivity contribution in [1.82, 2.24) is 10.3 Å². The molecule has 0 saturated heterocycles. The minimum Gasteiger partial charge on any atom is -0.314 e. The number of nitrogens with zero attached hydrogens (tertiary/aromatic N) is 1. The molecule has 0 bridgehead atoms. The third-order valence-corrected chi connectivity index (χ3v) is 2.96. The number of aromatic nitrogens is 1. The maximum Gasteiger partial charge on any atom is 0.141 e. The van der Waals surface area contributed by atoms with Gasteiger partial charge in [0, 0.05) is 17.7 Å². The Kier molecular flexibility index (Phi) is 5.39. The smallest absolute Gasteiger partial charge is 0.141 e. The van der Waals surface area contributed by atoms with Crippen LogP contribution in [0.15, 0.2) is 18.3 Å². The summed E-state index contributed by atoms with van der Waals surface area (Å²) in [6, 6.07) is 3.71. The fraction of sp³-hybridized carbons (Fsp3) is 0.615. The summed E-state index contributed by atoms with van der Waals surface area (Å²) in [4.78, 5) is 4.19. The highest BCUT2D eigenvalue weighted by Crippen LogP contribution is 2.23. The normalized spacial score (nSPS) is 14.8. The summed E-state index contributed by atoms with van der Waals surface area (Å²) < 4.78 is 12.8. The van der Waals surface area contributed by atoms with E-state index in [0.29, 0.717) is 12.0 Å². The molecule has 1 rings (SSSR count). The van der Waals surface area contributed by atoms with Crippen molar-refractivity contribution < 1.29 is 4.39 Å². The van der Waals surface area contributed by atoms with Crippen molar-refractivity contribution in [3.63, 3.8) is 0 Å². The van der Waals surface area contributed by atoms with Crippen LogP contribution >= 0.6 is 0 Å². The maximum absolute atomic E-state index is 12.8. The lowest BCUT2D eigenvalue weighted by molar-refractivity contribution is 0.413. The molecule has 1 aromatic rings. The molecule has 0 saturated carbocycles. The Hall–Kier alpha value is -0.960. The second-order valence-electron chi connectivity index (χ2n) is 3.99. The van der Waals surface area contributed by atoms with E-state index in [0.717, 1.165) is 25.1 Å². The Morgan fingerprint density at radius 2 is 2.00 bits per heavy atom. The molecule has 16 heavy (non-hydrogen) atoms. The number of hydrogen-bond acceptors (Lipinski definition) is 2. The van der Waals surface area contributed by atoms with E-state index in [1.165, 1.54) is 12.3 Å². The Labute approximate surface area is 97.3 Å². The van der Waals surface area contributed by atoms with Gasteiger partial charge in [0.25, 0.3) is 0 Å². The first-order chi connectivity index (χ1) is 7.72. The molecule has 0 fully saturated rings. The minimum atomic E-state index is -0.268. The molecule has 1 aromatic heterocycles. The molecular formula is C13H21FN2. The standard InChI is InChI=1S/C13H21FN2/c1-4-11(12(5-2)15-6-3)13-8-7-10(14)9-16-13/h7-9,11-12,15H,4-6H2,1-3H3. The monoisotopic (exact) mass is 224 g/mol. The summed E-state index contributed by atoms with van der Waals surface area (Å²) >= 11 is 0. The molecule has 0 radical (unpaired) electrons. The molecule has 2 unspecified atom stereocenters. The summed E-state index contributed by atoms with van der Waals surface area (Å²) in [5, 5.41) is 3.46. The number of likely N-dealkylation sites (N-methyl/N-ethyl adjacent to an activating group) is 1. The van der Waals surface area contributed by atoms with Gasteiger partial charge in [-0.3, -0.25) is 4.98 Å². The lowest BCUT2D eigenvalue weighted by atomic mass is 9.91. The topological polar surface area (TPSA) is 24.9 Å². The van der Waals surface area contributed by atoms with E-state index >= 15 is 0 Å². The molecular weight excluding hydrogens is 203 g/mol. The average molecular weight is 224 g/mol. The summed E-state index contributed by atoms with van der Waals surface area (Å²) in [5.74, 6) is 0.0978. The van der Waals surface area contributed by atoms with Gasteiger partial charge in [0.15, 0.2) is 0 Å². The van der Waals surface area contributed by atoms with Gasteiger partial charge in [-0.05, 0) is 31.5 Å². The van der Waals surface area contributed by atoms with Crippen molar-refractivity contribution in [2.45, 2.75) is 45.6 Å². The van der Waals surface area contributed by atoms with Gasteiger partial charge >= 0.3 is 0 Å². The van der Waals surface area contributed by atoms with Crippen LogP contribution in [0.3, 0.4) is 0 Å². The van der Waals surface area contributed by atoms with Gasteiger partial charge in [-0.1, -0.05) is 20.8 Å². The van der Waals surface area contributed by atoms with E-state index < -0.39 is 0 Å². The quantitative estimate of drug-likeness (QED) is 0.803. The summed E-state index contributed by atoms with van der Waals surface area (Å²) in [7, 11) is 0. The highest BCUT2D eigenvalue weighted by molar-refractivity contribution is 5.12. The van der Waals surface area contributed by atoms with E-state index in [1.807, 2.05) is 0 Å². The van der Waals surface area contributed by atoms with Crippen LogP contribution in [0, 0.1) is 5.82 Å². The van der Waals surface area contributed by atoms with Crippen LogP contribution in [-0.4, -0.2) is 17.6 Å². The van der Waals surface area contributed by atoms with Crippen LogP contribution in [0.5, 0.6) is 0 Å². The summed E-state index contributed by atoms with van der Waals surface area (Å²) in [6.07, 6.45) is 3.38. The zero-order valence-corrected chi connectivity index (χ0v) is 10.3. The van der Waals surface area contributed by atoms with Crippen LogP contribution in [0.2, 0.25) is 0 Å². The third kappa shape index (κ3) is 3.27. The fourth-order valence-corrected chi connectivity index (χ4v) is 2.14. The first-order valence-electron chi connectivity index (χ1n) is 6.07. The number of rotatable bonds is 6. The van der Waals surface area contributed by atoms with Crippen molar-refractivity contribution in [3.05, 3.63) is 29.8 Å². The van der Waals surface area contributed by atoms with E-state index in [1.54, 1.807) is 6.07 Å². The number of hydrogen-bond donors (Lipinski definition) is 1. The Bertz CT molecular complexity index is 297. The first kappa shape index (κ1) is 13.1. The van der Waals surface area contributed by atoms with Crippen LogP contribution in [0.4, 0.5) is 4.39 Å². The SMILES string of the molecule is CCNC(CC)C(CC)c1ccc(F)cn1. The molecule has 0 amide bonds. The Morgan fingerprint density at radius 1 is 1.25 bits per heavy atom. The lowest BCUT2D eigenvalue weighted by Crippen LogP contribution is -2.34. The Morgan fingerprint density at radius 3 is 2.44 bits per heavy atom. The molecule has 0 aliphatic heterocycles. The minimum absolute atomic E-state index is 0.268. The predicted molar refractivity (Wildman–Crippen MR) is 65.0 cm³/mol. The zero-order chi connectivity index (χ0) is 12.0. The molecule has 0 spiro atoms.